The number of phenols is 1. The van der Waals surface area contributed by atoms with Crippen LogP contribution in [-0.2, 0) is 0 Å². The van der Waals surface area contributed by atoms with Gasteiger partial charge < -0.3 is 20.7 Å². The van der Waals surface area contributed by atoms with Crippen molar-refractivity contribution in [2.75, 3.05) is 12.8 Å². The number of carboxylic acid groups (broad SMARTS) is 1. The third-order valence-corrected chi connectivity index (χ3v) is 2.75. The van der Waals surface area contributed by atoms with Crippen LogP contribution >= 0.6 is 0 Å². The lowest BCUT2D eigenvalue weighted by molar-refractivity contribution is 0.0697. The Labute approximate surface area is 121 Å². The average Bonchev–Trinajstić information content (AvgIpc) is 2.45. The molecule has 6 heteroatoms. The van der Waals surface area contributed by atoms with E-state index in [1.165, 1.54) is 31.5 Å². The molecule has 0 fully saturated rings. The topological polar surface area (TPSA) is 105 Å². The number of anilines is 1. The number of aliphatic imine (C=N–C) groups is 1. The Kier molecular flexibility index (Phi) is 4.08. The summed E-state index contributed by atoms with van der Waals surface area (Å²) in [5.74, 6) is -0.699. The van der Waals surface area contributed by atoms with Crippen LogP contribution in [0.15, 0.2) is 41.4 Å². The number of carboxylic acids is 1. The molecule has 0 aliphatic carbocycles. The van der Waals surface area contributed by atoms with Gasteiger partial charge in [-0.1, -0.05) is 0 Å². The molecule has 108 valence electrons. The number of ether oxygens (including phenoxy) is 1. The predicted octanol–water partition coefficient (Wildman–Crippen LogP) is 2.43. The van der Waals surface area contributed by atoms with Gasteiger partial charge in [-0.25, -0.2) is 4.79 Å². The number of phenolic OH excluding ortho intramolecular Hbond substituents is 1. The quantitative estimate of drug-likeness (QED) is 0.591. The Morgan fingerprint density at radius 1 is 1.29 bits per heavy atom. The molecule has 2 rings (SSSR count). The van der Waals surface area contributed by atoms with Crippen molar-refractivity contribution < 1.29 is 19.7 Å². The number of nitrogen functional groups attached to an aromatic ring is 1. The molecule has 6 nitrogen and oxygen atoms in total. The zero-order valence-electron chi connectivity index (χ0n) is 11.3. The molecule has 0 spiro atoms. The third kappa shape index (κ3) is 3.50. The maximum atomic E-state index is 10.9. The Bertz CT molecular complexity index is 711. The van der Waals surface area contributed by atoms with Crippen molar-refractivity contribution in [3.63, 3.8) is 0 Å². The van der Waals surface area contributed by atoms with Crippen molar-refractivity contribution in [3.05, 3.63) is 47.5 Å². The van der Waals surface area contributed by atoms with Gasteiger partial charge in [0.2, 0.25) is 0 Å². The third-order valence-electron chi connectivity index (χ3n) is 2.75. The van der Waals surface area contributed by atoms with E-state index in [0.29, 0.717) is 22.7 Å². The van der Waals surface area contributed by atoms with Crippen LogP contribution < -0.4 is 10.5 Å². The fourth-order valence-electron chi connectivity index (χ4n) is 1.76. The molecule has 0 saturated carbocycles. The number of carbonyl (C=O) groups is 1. The van der Waals surface area contributed by atoms with Crippen molar-refractivity contribution in [1.29, 1.82) is 0 Å². The van der Waals surface area contributed by atoms with Crippen LogP contribution in [0, 0.1) is 0 Å². The molecule has 0 saturated heterocycles. The van der Waals surface area contributed by atoms with Crippen molar-refractivity contribution in [3.8, 4) is 11.5 Å². The largest absolute Gasteiger partial charge is 0.504 e. The van der Waals surface area contributed by atoms with E-state index < -0.39 is 5.97 Å². The summed E-state index contributed by atoms with van der Waals surface area (Å²) in [5.41, 5.74) is 7.17. The van der Waals surface area contributed by atoms with Gasteiger partial charge in [0, 0.05) is 11.9 Å². The fourth-order valence-corrected chi connectivity index (χ4v) is 1.76. The summed E-state index contributed by atoms with van der Waals surface area (Å²) in [7, 11) is 1.45. The Balaban J connectivity index is 2.31. The molecular weight excluding hydrogens is 272 g/mol. The predicted molar refractivity (Wildman–Crippen MR) is 79.7 cm³/mol. The minimum absolute atomic E-state index is 0.0340. The first-order chi connectivity index (χ1) is 9.99. The summed E-state index contributed by atoms with van der Waals surface area (Å²) < 4.78 is 5.00. The van der Waals surface area contributed by atoms with E-state index in [-0.39, 0.29) is 11.3 Å². The summed E-state index contributed by atoms with van der Waals surface area (Å²) in [6.07, 6.45) is 1.53. The van der Waals surface area contributed by atoms with Crippen LogP contribution in [0.3, 0.4) is 0 Å². The normalized spacial score (nSPS) is 10.7. The van der Waals surface area contributed by atoms with E-state index in [9.17, 15) is 9.90 Å². The molecule has 0 aromatic heterocycles. The number of benzene rings is 2. The van der Waals surface area contributed by atoms with Crippen LogP contribution in [0.25, 0.3) is 0 Å². The number of nitrogens with zero attached hydrogens (tertiary/aromatic N) is 1. The summed E-state index contributed by atoms with van der Waals surface area (Å²) in [5, 5.41) is 18.5. The smallest absolute Gasteiger partial charge is 0.335 e. The molecule has 0 aliphatic heterocycles. The molecule has 0 aliphatic rings. The second-order valence-electron chi connectivity index (χ2n) is 4.31. The lowest BCUT2D eigenvalue weighted by Gasteiger charge is -2.04. The molecule has 0 amide bonds. The van der Waals surface area contributed by atoms with Gasteiger partial charge in [0.1, 0.15) is 0 Å². The first kappa shape index (κ1) is 14.4. The first-order valence-corrected chi connectivity index (χ1v) is 6.04. The number of hydrogen-bond acceptors (Lipinski definition) is 5. The highest BCUT2D eigenvalue weighted by atomic mass is 16.5. The molecule has 0 bridgehead atoms. The molecule has 21 heavy (non-hydrogen) atoms. The minimum Gasteiger partial charge on any atom is -0.504 e. The minimum atomic E-state index is -1.06. The van der Waals surface area contributed by atoms with Gasteiger partial charge in [-0.15, -0.1) is 0 Å². The number of aromatic carboxylic acids is 1. The Morgan fingerprint density at radius 3 is 2.71 bits per heavy atom. The van der Waals surface area contributed by atoms with Crippen LogP contribution in [0.2, 0.25) is 0 Å². The monoisotopic (exact) mass is 286 g/mol. The average molecular weight is 286 g/mol. The van der Waals surface area contributed by atoms with Gasteiger partial charge in [-0.3, -0.25) is 4.99 Å². The maximum Gasteiger partial charge on any atom is 0.335 e. The molecular formula is C15H14N2O4. The van der Waals surface area contributed by atoms with E-state index in [1.54, 1.807) is 18.2 Å². The Hall–Kier alpha value is -3.02. The summed E-state index contributed by atoms with van der Waals surface area (Å²) in [6.45, 7) is 0. The highest BCUT2D eigenvalue weighted by Crippen LogP contribution is 2.26. The number of aromatic hydroxyl groups is 1. The van der Waals surface area contributed by atoms with Crippen LogP contribution in [-0.4, -0.2) is 29.5 Å². The van der Waals surface area contributed by atoms with Gasteiger partial charge >= 0.3 is 5.97 Å². The number of rotatable bonds is 4. The lowest BCUT2D eigenvalue weighted by Crippen LogP contribution is -1.97. The van der Waals surface area contributed by atoms with Gasteiger partial charge in [-0.05, 0) is 42.0 Å². The second-order valence-corrected chi connectivity index (χ2v) is 4.31. The van der Waals surface area contributed by atoms with E-state index in [2.05, 4.69) is 4.99 Å². The number of methoxy groups -OCH3 is 1. The van der Waals surface area contributed by atoms with Gasteiger partial charge in [0.05, 0.1) is 18.4 Å². The zero-order valence-corrected chi connectivity index (χ0v) is 11.3. The molecule has 0 atom stereocenters. The second kappa shape index (κ2) is 5.96. The number of hydrogen-bond donors (Lipinski definition) is 3. The maximum absolute atomic E-state index is 10.9. The molecule has 2 aromatic rings. The van der Waals surface area contributed by atoms with Crippen molar-refractivity contribution in [1.82, 2.24) is 0 Å². The highest BCUT2D eigenvalue weighted by Gasteiger charge is 2.05. The summed E-state index contributed by atoms with van der Waals surface area (Å²) >= 11 is 0. The summed E-state index contributed by atoms with van der Waals surface area (Å²) in [4.78, 5) is 15.1. The van der Waals surface area contributed by atoms with Gasteiger partial charge in [-0.2, -0.15) is 0 Å². The lowest BCUT2D eigenvalue weighted by atomic mass is 10.1. The molecule has 4 N–H and O–H groups in total. The van der Waals surface area contributed by atoms with Crippen LogP contribution in [0.5, 0.6) is 11.5 Å². The van der Waals surface area contributed by atoms with E-state index in [4.69, 9.17) is 15.6 Å². The fraction of sp³-hybridized carbons (Fsp3) is 0.0667. The number of nitrogens with two attached hydrogens (primary N) is 1. The van der Waals surface area contributed by atoms with E-state index in [1.807, 2.05) is 0 Å². The van der Waals surface area contributed by atoms with Crippen molar-refractivity contribution in [2.24, 2.45) is 4.99 Å². The van der Waals surface area contributed by atoms with Gasteiger partial charge in [0.25, 0.3) is 0 Å². The first-order valence-electron chi connectivity index (χ1n) is 6.04. The van der Waals surface area contributed by atoms with E-state index in [0.717, 1.165) is 0 Å². The highest BCUT2D eigenvalue weighted by molar-refractivity contribution is 5.91. The summed E-state index contributed by atoms with van der Waals surface area (Å²) in [6, 6.07) is 9.12. The van der Waals surface area contributed by atoms with Crippen LogP contribution in [0.4, 0.5) is 11.4 Å². The standard InChI is InChI=1S/C15H14N2O4/c1-21-14-4-9(2-3-13(14)18)8-17-12-6-10(15(19)20)5-11(16)7-12/h2-8,18H,16H2,1H3,(H,19,20). The molecule has 0 unspecified atom stereocenters. The zero-order chi connectivity index (χ0) is 15.4. The molecule has 0 heterocycles. The molecule has 0 radical (unpaired) electrons. The van der Waals surface area contributed by atoms with E-state index >= 15 is 0 Å². The van der Waals surface area contributed by atoms with Gasteiger partial charge in [0.15, 0.2) is 11.5 Å². The Morgan fingerprint density at radius 2 is 2.05 bits per heavy atom. The SMILES string of the molecule is COc1cc(C=Nc2cc(N)cc(C(=O)O)c2)ccc1O. The van der Waals surface area contributed by atoms with Crippen LogP contribution in [0.1, 0.15) is 15.9 Å². The van der Waals surface area contributed by atoms with Crippen molar-refractivity contribution in [2.45, 2.75) is 0 Å². The van der Waals surface area contributed by atoms with Crippen molar-refractivity contribution >= 4 is 23.6 Å². The molecule has 2 aromatic carbocycles.